The van der Waals surface area contributed by atoms with Gasteiger partial charge in [-0.3, -0.25) is 14.4 Å². The van der Waals surface area contributed by atoms with Crippen LogP contribution in [-0.2, 0) is 29.6 Å². The van der Waals surface area contributed by atoms with Crippen LogP contribution in [0.4, 0.5) is 0 Å². The maximum absolute atomic E-state index is 13.7. The minimum absolute atomic E-state index is 0.0185. The molecule has 3 atom stereocenters. The van der Waals surface area contributed by atoms with Gasteiger partial charge < -0.3 is 29.9 Å². The number of carbonyl (C=O) groups is 3. The van der Waals surface area contributed by atoms with E-state index >= 15 is 0 Å². The third kappa shape index (κ3) is 6.10. The molecule has 9 heteroatoms. The molecular formula is C32H34N4O5. The highest BCUT2D eigenvalue weighted by Gasteiger charge is 2.41. The molecule has 2 heterocycles. The molecule has 1 aliphatic rings. The Morgan fingerprint density at radius 2 is 1.66 bits per heavy atom. The van der Waals surface area contributed by atoms with Crippen LogP contribution in [0.15, 0.2) is 85.1 Å². The molecule has 3 aromatic carbocycles. The number of fused-ring (bicyclic) bond motifs is 1. The summed E-state index contributed by atoms with van der Waals surface area (Å²) in [5.74, 6) is -1.04. The number of nitrogens with one attached hydrogen (secondary N) is 1. The first kappa shape index (κ1) is 27.9. The molecule has 1 fully saturated rings. The van der Waals surface area contributed by atoms with Crippen molar-refractivity contribution in [2.45, 2.75) is 37.6 Å². The summed E-state index contributed by atoms with van der Waals surface area (Å²) in [5, 5.41) is 23.9. The molecule has 0 spiro atoms. The van der Waals surface area contributed by atoms with E-state index in [0.717, 1.165) is 22.0 Å². The number of amides is 3. The van der Waals surface area contributed by atoms with Crippen molar-refractivity contribution >= 4 is 28.6 Å². The smallest absolute Gasteiger partial charge is 0.256 e. The van der Waals surface area contributed by atoms with Crippen LogP contribution in [0.2, 0.25) is 0 Å². The number of aromatic nitrogens is 1. The fourth-order valence-electron chi connectivity index (χ4n) is 5.49. The van der Waals surface area contributed by atoms with Crippen LogP contribution in [-0.4, -0.2) is 74.1 Å². The molecule has 4 aromatic rings. The number of aryl methyl sites for hydroxylation is 1. The molecule has 9 nitrogen and oxygen atoms in total. The van der Waals surface area contributed by atoms with Gasteiger partial charge >= 0.3 is 0 Å². The molecule has 0 bridgehead atoms. The maximum Gasteiger partial charge on any atom is 0.256 e. The summed E-state index contributed by atoms with van der Waals surface area (Å²) in [6.45, 7) is 0.375. The number of β-amino-alcohol motifs (C(OH)–C–C–N with tert-alkyl or cyclic N) is 1. The predicted molar refractivity (Wildman–Crippen MR) is 155 cm³/mol. The molecular weight excluding hydrogens is 520 g/mol. The number of aromatic hydroxyl groups is 1. The summed E-state index contributed by atoms with van der Waals surface area (Å²) in [6, 6.07) is 21.7. The summed E-state index contributed by atoms with van der Waals surface area (Å²) < 4.78 is 1.86. The Bertz CT molecular complexity index is 1550. The number of likely N-dealkylation sites (N-methyl/N-ethyl adjacent to an activating group) is 1. The van der Waals surface area contributed by atoms with Gasteiger partial charge in [0, 0.05) is 57.1 Å². The van der Waals surface area contributed by atoms with Crippen LogP contribution in [0, 0.1) is 0 Å². The van der Waals surface area contributed by atoms with Crippen LogP contribution in [0.3, 0.4) is 0 Å². The average molecular weight is 555 g/mol. The number of hydrogen-bond donors (Lipinski definition) is 3. The van der Waals surface area contributed by atoms with E-state index < -0.39 is 24.1 Å². The lowest BCUT2D eigenvalue weighted by molar-refractivity contribution is -0.136. The second kappa shape index (κ2) is 11.9. The lowest BCUT2D eigenvalue weighted by Crippen LogP contribution is -2.54. The Labute approximate surface area is 238 Å². The van der Waals surface area contributed by atoms with Crippen molar-refractivity contribution in [3.05, 3.63) is 102 Å². The first-order valence-electron chi connectivity index (χ1n) is 13.6. The number of aliphatic hydroxyl groups is 1. The summed E-state index contributed by atoms with van der Waals surface area (Å²) in [6.07, 6.45) is 1.14. The van der Waals surface area contributed by atoms with Gasteiger partial charge in [-0.2, -0.15) is 0 Å². The number of aliphatic hydroxyl groups excluding tert-OH is 1. The number of rotatable bonds is 8. The quantitative estimate of drug-likeness (QED) is 0.310. The van der Waals surface area contributed by atoms with Crippen molar-refractivity contribution in [1.29, 1.82) is 0 Å². The Morgan fingerprint density at radius 3 is 2.39 bits per heavy atom. The standard InChI is InChI=1S/C32H34N4O5/c1-34-20-26(25-10-6-7-11-28(25)34)31(40)36-19-24(38)17-29(36)30(39)33-27(16-21-12-14-23(37)15-13-21)32(41)35(2)18-22-8-4-3-5-9-22/h3-15,20,24,27,29,37-38H,16-19H2,1-2H3,(H,33,39)/t24-,27+,29+/m1/s1. The summed E-state index contributed by atoms with van der Waals surface area (Å²) in [5.41, 5.74) is 3.04. The van der Waals surface area contributed by atoms with Crippen molar-refractivity contribution in [3.63, 3.8) is 0 Å². The molecule has 41 heavy (non-hydrogen) atoms. The number of phenols is 1. The van der Waals surface area contributed by atoms with Gasteiger partial charge in [-0.05, 0) is 29.3 Å². The zero-order valence-electron chi connectivity index (χ0n) is 23.1. The lowest BCUT2D eigenvalue weighted by Gasteiger charge is -2.28. The van der Waals surface area contributed by atoms with E-state index in [1.54, 1.807) is 30.3 Å². The first-order chi connectivity index (χ1) is 19.7. The molecule has 1 aromatic heterocycles. The highest BCUT2D eigenvalue weighted by atomic mass is 16.3. The van der Waals surface area contributed by atoms with E-state index in [0.29, 0.717) is 12.1 Å². The number of likely N-dealkylation sites (tertiary alicyclic amines) is 1. The van der Waals surface area contributed by atoms with Gasteiger partial charge in [0.1, 0.15) is 17.8 Å². The van der Waals surface area contributed by atoms with E-state index in [2.05, 4.69) is 5.32 Å². The molecule has 1 aliphatic heterocycles. The molecule has 5 rings (SSSR count). The van der Waals surface area contributed by atoms with Crippen molar-refractivity contribution in [3.8, 4) is 5.75 Å². The van der Waals surface area contributed by atoms with Crippen LogP contribution < -0.4 is 5.32 Å². The van der Waals surface area contributed by atoms with E-state index in [1.165, 1.54) is 17.0 Å². The van der Waals surface area contributed by atoms with Gasteiger partial charge in [0.05, 0.1) is 11.7 Å². The fourth-order valence-corrected chi connectivity index (χ4v) is 5.49. The Balaban J connectivity index is 1.38. The number of para-hydroxylation sites is 1. The van der Waals surface area contributed by atoms with Gasteiger partial charge in [-0.15, -0.1) is 0 Å². The molecule has 0 aliphatic carbocycles. The monoisotopic (exact) mass is 554 g/mol. The number of phenolic OH excluding ortho intramolecular Hbond substituents is 1. The Hall–Kier alpha value is -4.63. The minimum Gasteiger partial charge on any atom is -0.508 e. The molecule has 0 saturated carbocycles. The summed E-state index contributed by atoms with van der Waals surface area (Å²) in [7, 11) is 3.54. The molecule has 0 radical (unpaired) electrons. The highest BCUT2D eigenvalue weighted by Crippen LogP contribution is 2.26. The van der Waals surface area contributed by atoms with Crippen molar-refractivity contribution < 1.29 is 24.6 Å². The minimum atomic E-state index is -0.939. The number of carbonyl (C=O) groups excluding carboxylic acids is 3. The van der Waals surface area contributed by atoms with Crippen molar-refractivity contribution in [1.82, 2.24) is 19.7 Å². The third-order valence-electron chi connectivity index (χ3n) is 7.60. The van der Waals surface area contributed by atoms with Gasteiger partial charge in [-0.1, -0.05) is 60.7 Å². The lowest BCUT2D eigenvalue weighted by atomic mass is 10.0. The average Bonchev–Trinajstić information content (AvgIpc) is 3.53. The van der Waals surface area contributed by atoms with Gasteiger partial charge in [-0.25, -0.2) is 0 Å². The molecule has 3 N–H and O–H groups in total. The maximum atomic E-state index is 13.7. The van der Waals surface area contributed by atoms with Gasteiger partial charge in [0.15, 0.2) is 0 Å². The third-order valence-corrected chi connectivity index (χ3v) is 7.60. The SMILES string of the molecule is CN(Cc1ccccc1)C(=O)[C@H](Cc1ccc(O)cc1)NC(=O)[C@@H]1C[C@@H](O)CN1C(=O)c1cn(C)c2ccccc12. The summed E-state index contributed by atoms with van der Waals surface area (Å²) >= 11 is 0. The van der Waals surface area contributed by atoms with Crippen molar-refractivity contribution in [2.24, 2.45) is 7.05 Å². The van der Waals surface area contributed by atoms with E-state index in [9.17, 15) is 24.6 Å². The predicted octanol–water partition coefficient (Wildman–Crippen LogP) is 2.85. The highest BCUT2D eigenvalue weighted by molar-refractivity contribution is 6.08. The number of hydrogen-bond acceptors (Lipinski definition) is 5. The van der Waals surface area contributed by atoms with E-state index in [-0.39, 0.29) is 37.0 Å². The zero-order valence-corrected chi connectivity index (χ0v) is 23.1. The largest absolute Gasteiger partial charge is 0.508 e. The van der Waals surface area contributed by atoms with Crippen LogP contribution in [0.1, 0.15) is 27.9 Å². The first-order valence-corrected chi connectivity index (χ1v) is 13.6. The van der Waals surface area contributed by atoms with Crippen LogP contribution in [0.5, 0.6) is 5.75 Å². The molecule has 212 valence electrons. The second-order valence-electron chi connectivity index (χ2n) is 10.6. The van der Waals surface area contributed by atoms with Crippen LogP contribution in [0.25, 0.3) is 10.9 Å². The van der Waals surface area contributed by atoms with Crippen LogP contribution >= 0.6 is 0 Å². The number of nitrogens with zero attached hydrogens (tertiary/aromatic N) is 3. The van der Waals surface area contributed by atoms with Crippen molar-refractivity contribution in [2.75, 3.05) is 13.6 Å². The fraction of sp³-hybridized carbons (Fsp3) is 0.281. The zero-order chi connectivity index (χ0) is 29.1. The van der Waals surface area contributed by atoms with E-state index in [1.807, 2.05) is 66.2 Å². The molecule has 0 unspecified atom stereocenters. The summed E-state index contributed by atoms with van der Waals surface area (Å²) in [4.78, 5) is 44.0. The molecule has 3 amide bonds. The topological polar surface area (TPSA) is 115 Å². The number of benzene rings is 3. The normalized spacial score (nSPS) is 17.4. The van der Waals surface area contributed by atoms with Gasteiger partial charge in [0.2, 0.25) is 11.8 Å². The second-order valence-corrected chi connectivity index (χ2v) is 10.6. The Morgan fingerprint density at radius 1 is 0.976 bits per heavy atom. The molecule has 1 saturated heterocycles. The van der Waals surface area contributed by atoms with E-state index in [4.69, 9.17) is 0 Å². The Kier molecular flexibility index (Phi) is 8.07. The van der Waals surface area contributed by atoms with Gasteiger partial charge in [0.25, 0.3) is 5.91 Å².